The van der Waals surface area contributed by atoms with Gasteiger partial charge in [0, 0.05) is 22.4 Å². The molecule has 5 heteroatoms. The molecule has 0 unspecified atom stereocenters. The van der Waals surface area contributed by atoms with Gasteiger partial charge in [0.15, 0.2) is 12.6 Å². The normalized spacial score (nSPS) is 29.9. The lowest BCUT2D eigenvalue weighted by molar-refractivity contribution is -0.217. The molecule has 0 spiro atoms. The van der Waals surface area contributed by atoms with Crippen molar-refractivity contribution in [2.24, 2.45) is 11.8 Å². The predicted octanol–water partition coefficient (Wildman–Crippen LogP) is 5.13. The summed E-state index contributed by atoms with van der Waals surface area (Å²) in [4.78, 5) is 0. The van der Waals surface area contributed by atoms with E-state index in [9.17, 15) is 0 Å². The van der Waals surface area contributed by atoms with Crippen molar-refractivity contribution in [3.8, 4) is 0 Å². The van der Waals surface area contributed by atoms with Gasteiger partial charge in [-0.05, 0) is 31.4 Å². The van der Waals surface area contributed by atoms with Crippen LogP contribution in [-0.4, -0.2) is 32.7 Å². The maximum atomic E-state index is 5.92. The van der Waals surface area contributed by atoms with E-state index in [0.29, 0.717) is 25.0 Å². The Morgan fingerprint density at radius 3 is 2.31 bits per heavy atom. The van der Waals surface area contributed by atoms with Gasteiger partial charge < -0.3 is 18.9 Å². The molecular formula is C21H29ClO4. The first-order valence-electron chi connectivity index (χ1n) is 9.63. The number of rotatable bonds is 7. The highest BCUT2D eigenvalue weighted by molar-refractivity contribution is 6.30. The molecule has 4 nitrogen and oxygen atoms in total. The second-order valence-corrected chi connectivity index (χ2v) is 7.50. The lowest BCUT2D eigenvalue weighted by Crippen LogP contribution is -2.33. The minimum absolute atomic E-state index is 0.0974. The van der Waals surface area contributed by atoms with Crippen molar-refractivity contribution in [1.29, 1.82) is 0 Å². The number of ether oxygens (including phenoxy) is 4. The first-order chi connectivity index (χ1) is 12.7. The summed E-state index contributed by atoms with van der Waals surface area (Å²) in [5.74, 6) is 0.771. The quantitative estimate of drug-likeness (QED) is 0.614. The Labute approximate surface area is 161 Å². The molecule has 2 saturated heterocycles. The SMILES string of the molecule is CCC/C=C/C1COC(CC[C@H]2CO[C@H](c3ccc(Cl)cc3)OC2)OC1. The van der Waals surface area contributed by atoms with Crippen LogP contribution in [0.5, 0.6) is 0 Å². The maximum absolute atomic E-state index is 5.92. The van der Waals surface area contributed by atoms with Crippen LogP contribution in [0.25, 0.3) is 0 Å². The fourth-order valence-electron chi connectivity index (χ4n) is 3.19. The standard InChI is InChI=1S/C21H29ClO4/c1-2-3-4-5-16-12-23-20(24-13-16)11-6-17-14-25-21(26-15-17)18-7-9-19(22)10-8-18/h4-5,7-10,16-17,20-21H,2-3,6,11-15H2,1H3/b5-4+/t16?,17-,20?,21-. The molecule has 0 aliphatic carbocycles. The highest BCUT2D eigenvalue weighted by Gasteiger charge is 2.26. The third kappa shape index (κ3) is 6.07. The van der Waals surface area contributed by atoms with Gasteiger partial charge in [-0.2, -0.15) is 0 Å². The van der Waals surface area contributed by atoms with Gasteiger partial charge in [-0.3, -0.25) is 0 Å². The van der Waals surface area contributed by atoms with Gasteiger partial charge in [-0.25, -0.2) is 0 Å². The van der Waals surface area contributed by atoms with Gasteiger partial charge in [0.2, 0.25) is 0 Å². The van der Waals surface area contributed by atoms with Crippen molar-refractivity contribution in [3.63, 3.8) is 0 Å². The second kappa shape index (κ2) is 10.4. The van der Waals surface area contributed by atoms with Crippen LogP contribution in [0.2, 0.25) is 5.02 Å². The first-order valence-corrected chi connectivity index (χ1v) is 10.0. The van der Waals surface area contributed by atoms with Crippen molar-refractivity contribution in [1.82, 2.24) is 0 Å². The van der Waals surface area contributed by atoms with Crippen LogP contribution in [0, 0.1) is 11.8 Å². The van der Waals surface area contributed by atoms with Gasteiger partial charge in [0.05, 0.1) is 26.4 Å². The number of hydrogen-bond donors (Lipinski definition) is 0. The van der Waals surface area contributed by atoms with E-state index in [1.807, 2.05) is 24.3 Å². The lowest BCUT2D eigenvalue weighted by Gasteiger charge is -2.32. The molecular weight excluding hydrogens is 352 g/mol. The molecule has 0 N–H and O–H groups in total. The van der Waals surface area contributed by atoms with Crippen LogP contribution >= 0.6 is 11.6 Å². The van der Waals surface area contributed by atoms with E-state index >= 15 is 0 Å². The fourth-order valence-corrected chi connectivity index (χ4v) is 3.31. The average Bonchev–Trinajstić information content (AvgIpc) is 2.69. The molecule has 1 aromatic carbocycles. The van der Waals surface area contributed by atoms with Crippen molar-refractivity contribution >= 4 is 11.6 Å². The fraction of sp³-hybridized carbons (Fsp3) is 0.619. The van der Waals surface area contributed by atoms with Gasteiger partial charge in [-0.1, -0.05) is 49.2 Å². The topological polar surface area (TPSA) is 36.9 Å². The van der Waals surface area contributed by atoms with E-state index in [0.717, 1.165) is 43.1 Å². The van der Waals surface area contributed by atoms with Crippen molar-refractivity contribution in [3.05, 3.63) is 47.0 Å². The third-order valence-electron chi connectivity index (χ3n) is 4.78. The first kappa shape index (κ1) is 19.8. The Kier molecular flexibility index (Phi) is 7.96. The number of allylic oxidation sites excluding steroid dienone is 1. The van der Waals surface area contributed by atoms with Crippen LogP contribution in [-0.2, 0) is 18.9 Å². The van der Waals surface area contributed by atoms with E-state index in [1.165, 1.54) is 6.42 Å². The minimum Gasteiger partial charge on any atom is -0.352 e. The van der Waals surface area contributed by atoms with Crippen molar-refractivity contribution in [2.75, 3.05) is 26.4 Å². The Morgan fingerprint density at radius 1 is 0.962 bits per heavy atom. The molecule has 26 heavy (non-hydrogen) atoms. The summed E-state index contributed by atoms with van der Waals surface area (Å²) in [6.45, 7) is 5.08. The van der Waals surface area contributed by atoms with E-state index < -0.39 is 0 Å². The van der Waals surface area contributed by atoms with E-state index in [4.69, 9.17) is 30.5 Å². The highest BCUT2D eigenvalue weighted by atomic mass is 35.5. The van der Waals surface area contributed by atoms with Crippen LogP contribution in [0.4, 0.5) is 0 Å². The Morgan fingerprint density at radius 2 is 1.65 bits per heavy atom. The summed E-state index contributed by atoms with van der Waals surface area (Å²) in [5.41, 5.74) is 1.01. The van der Waals surface area contributed by atoms with Crippen molar-refractivity contribution < 1.29 is 18.9 Å². The van der Waals surface area contributed by atoms with E-state index in [-0.39, 0.29) is 12.6 Å². The van der Waals surface area contributed by atoms with Gasteiger partial charge in [0.25, 0.3) is 0 Å². The lowest BCUT2D eigenvalue weighted by atomic mass is 10.0. The highest BCUT2D eigenvalue weighted by Crippen LogP contribution is 2.28. The molecule has 144 valence electrons. The predicted molar refractivity (Wildman–Crippen MR) is 102 cm³/mol. The molecule has 2 heterocycles. The van der Waals surface area contributed by atoms with Crippen LogP contribution in [0.1, 0.15) is 44.5 Å². The van der Waals surface area contributed by atoms with Gasteiger partial charge in [0.1, 0.15) is 0 Å². The maximum Gasteiger partial charge on any atom is 0.183 e. The molecule has 0 saturated carbocycles. The number of benzene rings is 1. The third-order valence-corrected chi connectivity index (χ3v) is 5.03. The Hall–Kier alpha value is -0.910. The number of hydrogen-bond acceptors (Lipinski definition) is 4. The molecule has 3 rings (SSSR count). The monoisotopic (exact) mass is 380 g/mol. The second-order valence-electron chi connectivity index (χ2n) is 7.07. The van der Waals surface area contributed by atoms with E-state index in [2.05, 4.69) is 19.1 Å². The summed E-state index contributed by atoms with van der Waals surface area (Å²) < 4.78 is 23.4. The summed E-state index contributed by atoms with van der Waals surface area (Å²) in [6.07, 6.45) is 8.23. The molecule has 2 fully saturated rings. The molecule has 0 bridgehead atoms. The molecule has 0 radical (unpaired) electrons. The zero-order valence-corrected chi connectivity index (χ0v) is 16.2. The zero-order valence-electron chi connectivity index (χ0n) is 15.4. The number of halogens is 1. The number of unbranched alkanes of at least 4 members (excludes halogenated alkanes) is 1. The summed E-state index contributed by atoms with van der Waals surface area (Å²) in [5, 5.41) is 0.720. The van der Waals surface area contributed by atoms with Crippen LogP contribution in [0.3, 0.4) is 0 Å². The van der Waals surface area contributed by atoms with Gasteiger partial charge in [-0.15, -0.1) is 0 Å². The van der Waals surface area contributed by atoms with E-state index in [1.54, 1.807) is 0 Å². The zero-order chi connectivity index (χ0) is 18.2. The smallest absolute Gasteiger partial charge is 0.183 e. The Bertz CT molecular complexity index is 544. The molecule has 0 aromatic heterocycles. The van der Waals surface area contributed by atoms with Crippen LogP contribution in [0.15, 0.2) is 36.4 Å². The summed E-state index contributed by atoms with van der Waals surface area (Å²) >= 11 is 5.92. The average molecular weight is 381 g/mol. The largest absolute Gasteiger partial charge is 0.352 e. The molecule has 2 aliphatic heterocycles. The van der Waals surface area contributed by atoms with Gasteiger partial charge >= 0.3 is 0 Å². The molecule has 0 atom stereocenters. The summed E-state index contributed by atoms with van der Waals surface area (Å²) in [7, 11) is 0. The van der Waals surface area contributed by atoms with Crippen molar-refractivity contribution in [2.45, 2.75) is 45.2 Å². The molecule has 2 aliphatic rings. The molecule has 0 amide bonds. The molecule has 1 aromatic rings. The Balaban J connectivity index is 1.32. The summed E-state index contributed by atoms with van der Waals surface area (Å²) in [6, 6.07) is 7.61. The minimum atomic E-state index is -0.290. The van der Waals surface area contributed by atoms with Crippen LogP contribution < -0.4 is 0 Å².